The number of hydrogen-bond acceptors (Lipinski definition) is 2. The lowest BCUT2D eigenvalue weighted by Crippen LogP contribution is -2.27. The van der Waals surface area contributed by atoms with Crippen LogP contribution in [0.2, 0.25) is 12.6 Å². The maximum atomic E-state index is 5.65. The number of aliphatic imine (C=N–C) groups is 1. The largest absolute Gasteiger partial charge is 0.330 e. The van der Waals surface area contributed by atoms with Gasteiger partial charge in [-0.25, -0.2) is 0 Å². The Hall–Kier alpha value is -1.09. The van der Waals surface area contributed by atoms with Crippen molar-refractivity contribution in [1.29, 1.82) is 0 Å². The molecular weight excluding hydrogens is 243 g/mol. The molecule has 2 nitrogen and oxygen atoms in total. The van der Waals surface area contributed by atoms with Crippen molar-refractivity contribution < 1.29 is 0 Å². The first-order chi connectivity index (χ1) is 9.30. The van der Waals surface area contributed by atoms with Crippen molar-refractivity contribution in [3.63, 3.8) is 0 Å². The predicted molar refractivity (Wildman–Crippen MR) is 91.0 cm³/mol. The van der Waals surface area contributed by atoms with E-state index in [2.05, 4.69) is 57.6 Å². The summed E-state index contributed by atoms with van der Waals surface area (Å²) in [5.41, 5.74) is 10.1. The zero-order valence-corrected chi connectivity index (χ0v) is 13.4. The highest BCUT2D eigenvalue weighted by Gasteiger charge is 2.48. The molecule has 1 fully saturated rings. The van der Waals surface area contributed by atoms with Gasteiger partial charge in [0.2, 0.25) is 0 Å². The molecule has 1 aromatic rings. The average Bonchev–Trinajstić information content (AvgIpc) is 2.59. The molecule has 0 aliphatic carbocycles. The van der Waals surface area contributed by atoms with Crippen LogP contribution < -0.4 is 11.2 Å². The first-order valence-corrected chi connectivity index (χ1v) is 7.60. The molecule has 1 aliphatic heterocycles. The topological polar surface area (TPSA) is 38.4 Å². The second-order valence-corrected chi connectivity index (χ2v) is 7.46. The minimum Gasteiger partial charge on any atom is -0.330 e. The summed E-state index contributed by atoms with van der Waals surface area (Å²) in [6.45, 7) is 14.6. The van der Waals surface area contributed by atoms with E-state index in [1.165, 1.54) is 23.7 Å². The molecule has 0 amide bonds. The fourth-order valence-electron chi connectivity index (χ4n) is 3.44. The van der Waals surface area contributed by atoms with Crippen molar-refractivity contribution in [3.05, 3.63) is 23.8 Å². The maximum Gasteiger partial charge on any atom is 0.177 e. The average molecular weight is 270 g/mol. The van der Waals surface area contributed by atoms with Gasteiger partial charge in [0.1, 0.15) is 0 Å². The highest BCUT2D eigenvalue weighted by molar-refractivity contribution is 6.74. The van der Waals surface area contributed by atoms with Crippen LogP contribution in [0.3, 0.4) is 0 Å². The van der Waals surface area contributed by atoms with Gasteiger partial charge >= 0.3 is 0 Å². The van der Waals surface area contributed by atoms with E-state index in [1.807, 2.05) is 0 Å². The molecule has 1 saturated heterocycles. The summed E-state index contributed by atoms with van der Waals surface area (Å²) in [5.74, 6) is 0. The highest BCUT2D eigenvalue weighted by Crippen LogP contribution is 2.52. The van der Waals surface area contributed by atoms with Crippen LogP contribution in [0.15, 0.2) is 23.2 Å². The van der Waals surface area contributed by atoms with Crippen LogP contribution in [0.4, 0.5) is 5.69 Å². The molecule has 0 saturated carbocycles. The van der Waals surface area contributed by atoms with E-state index in [9.17, 15) is 0 Å². The van der Waals surface area contributed by atoms with Gasteiger partial charge < -0.3 is 5.73 Å². The van der Waals surface area contributed by atoms with Crippen LogP contribution in [0, 0.1) is 10.8 Å². The van der Waals surface area contributed by atoms with Crippen molar-refractivity contribution in [2.45, 2.75) is 46.8 Å². The van der Waals surface area contributed by atoms with E-state index in [4.69, 9.17) is 5.73 Å². The van der Waals surface area contributed by atoms with Gasteiger partial charge in [0.25, 0.3) is 0 Å². The highest BCUT2D eigenvalue weighted by atomic mass is 14.7. The molecule has 3 heteroatoms. The Morgan fingerprint density at radius 3 is 2.30 bits per heavy atom. The molecule has 2 rings (SSSR count). The third kappa shape index (κ3) is 2.69. The van der Waals surface area contributed by atoms with Crippen molar-refractivity contribution in [2.24, 2.45) is 21.6 Å². The quantitative estimate of drug-likeness (QED) is 0.661. The zero-order valence-electron chi connectivity index (χ0n) is 13.4. The standard InChI is InChI=1S/C17H27BN2/c1-16(2)11-18(12-17(16,3)4)14-7-6-13(8-9-19)15(10-14)20-5/h6-7,10H,5,8-9,11-12,19H2,1-4H3. The molecule has 20 heavy (non-hydrogen) atoms. The molecule has 1 heterocycles. The molecule has 2 N–H and O–H groups in total. The Morgan fingerprint density at radius 1 is 1.20 bits per heavy atom. The molecule has 0 bridgehead atoms. The third-order valence-corrected chi connectivity index (χ3v) is 5.51. The van der Waals surface area contributed by atoms with Gasteiger partial charge in [0.05, 0.1) is 5.69 Å². The molecule has 0 spiro atoms. The maximum absolute atomic E-state index is 5.65. The van der Waals surface area contributed by atoms with Gasteiger partial charge in [-0.2, -0.15) is 0 Å². The van der Waals surface area contributed by atoms with E-state index in [1.54, 1.807) is 0 Å². The predicted octanol–water partition coefficient (Wildman–Crippen LogP) is 3.29. The van der Waals surface area contributed by atoms with E-state index in [-0.39, 0.29) is 0 Å². The van der Waals surface area contributed by atoms with E-state index in [0.29, 0.717) is 24.1 Å². The second kappa shape index (κ2) is 5.36. The summed E-state index contributed by atoms with van der Waals surface area (Å²) in [6.07, 6.45) is 3.36. The summed E-state index contributed by atoms with van der Waals surface area (Å²) < 4.78 is 0. The van der Waals surface area contributed by atoms with Crippen molar-refractivity contribution in [3.8, 4) is 0 Å². The SMILES string of the molecule is C=Nc1cc(B2CC(C)(C)C(C)(C)C2)ccc1CCN. The number of hydrogen-bond donors (Lipinski definition) is 1. The second-order valence-electron chi connectivity index (χ2n) is 7.46. The summed E-state index contributed by atoms with van der Waals surface area (Å²) >= 11 is 0. The van der Waals surface area contributed by atoms with Gasteiger partial charge in [-0.15, -0.1) is 0 Å². The first-order valence-electron chi connectivity index (χ1n) is 7.60. The Kier molecular flexibility index (Phi) is 4.10. The summed E-state index contributed by atoms with van der Waals surface area (Å²) in [6, 6.07) is 6.67. The number of benzene rings is 1. The van der Waals surface area contributed by atoms with Crippen LogP contribution in [-0.4, -0.2) is 20.0 Å². The summed E-state index contributed by atoms with van der Waals surface area (Å²) in [4.78, 5) is 4.19. The summed E-state index contributed by atoms with van der Waals surface area (Å²) in [5, 5.41) is 0. The first kappa shape index (κ1) is 15.3. The Bertz CT molecular complexity index is 490. The van der Waals surface area contributed by atoms with Crippen molar-refractivity contribution in [1.82, 2.24) is 0 Å². The molecule has 1 aliphatic rings. The molecule has 1 aromatic carbocycles. The van der Waals surface area contributed by atoms with E-state index >= 15 is 0 Å². The zero-order chi connectivity index (χ0) is 15.0. The van der Waals surface area contributed by atoms with Gasteiger partial charge in [0, 0.05) is 0 Å². The lowest BCUT2D eigenvalue weighted by molar-refractivity contribution is 0.177. The monoisotopic (exact) mass is 270 g/mol. The Morgan fingerprint density at radius 2 is 1.80 bits per heavy atom. The lowest BCUT2D eigenvalue weighted by atomic mass is 9.42. The number of nitrogens with zero attached hydrogens (tertiary/aromatic N) is 1. The minimum absolute atomic E-state index is 0.384. The van der Waals surface area contributed by atoms with Gasteiger partial charge in [0.15, 0.2) is 6.71 Å². The molecule has 0 radical (unpaired) electrons. The Balaban J connectivity index is 2.29. The van der Waals surface area contributed by atoms with Crippen molar-refractivity contribution >= 4 is 24.6 Å². The summed E-state index contributed by atoms with van der Waals surface area (Å²) in [7, 11) is 0. The normalized spacial score (nSPS) is 20.1. The van der Waals surface area contributed by atoms with Crippen LogP contribution in [0.1, 0.15) is 33.3 Å². The van der Waals surface area contributed by atoms with Crippen molar-refractivity contribution in [2.75, 3.05) is 6.54 Å². The molecule has 0 aromatic heterocycles. The third-order valence-electron chi connectivity index (χ3n) is 5.51. The smallest absolute Gasteiger partial charge is 0.177 e. The molecule has 0 atom stereocenters. The fourth-order valence-corrected chi connectivity index (χ4v) is 3.44. The molecule has 108 valence electrons. The van der Waals surface area contributed by atoms with Crippen LogP contribution in [-0.2, 0) is 6.42 Å². The minimum atomic E-state index is 0.384. The lowest BCUT2D eigenvalue weighted by Gasteiger charge is -2.35. The van der Waals surface area contributed by atoms with Crippen LogP contribution >= 0.6 is 0 Å². The number of rotatable bonds is 4. The Labute approximate surface area is 123 Å². The van der Waals surface area contributed by atoms with Crippen LogP contribution in [0.5, 0.6) is 0 Å². The molecule has 0 unspecified atom stereocenters. The van der Waals surface area contributed by atoms with Gasteiger partial charge in [-0.05, 0) is 42.1 Å². The molecular formula is C17H27BN2. The van der Waals surface area contributed by atoms with Crippen LogP contribution in [0.25, 0.3) is 0 Å². The van der Waals surface area contributed by atoms with Gasteiger partial charge in [-0.1, -0.05) is 57.9 Å². The van der Waals surface area contributed by atoms with E-state index < -0.39 is 0 Å². The number of nitrogens with two attached hydrogens (primary N) is 1. The van der Waals surface area contributed by atoms with E-state index in [0.717, 1.165) is 12.1 Å². The fraction of sp³-hybridized carbons (Fsp3) is 0.588. The van der Waals surface area contributed by atoms with Gasteiger partial charge in [-0.3, -0.25) is 4.99 Å².